The Hall–Kier alpha value is -2.13. The number of carbonyl (C=O) groups excluding carboxylic acids is 2. The van der Waals surface area contributed by atoms with E-state index in [2.05, 4.69) is 20.8 Å². The van der Waals surface area contributed by atoms with E-state index >= 15 is 0 Å². The largest absolute Gasteiger partial charge is 0.326 e. The first-order valence-electron chi connectivity index (χ1n) is 9.34. The summed E-state index contributed by atoms with van der Waals surface area (Å²) in [4.78, 5) is 27.3. The van der Waals surface area contributed by atoms with Crippen molar-refractivity contribution in [3.05, 3.63) is 40.9 Å². The van der Waals surface area contributed by atoms with Crippen LogP contribution in [0.5, 0.6) is 0 Å². The molecule has 1 aromatic carbocycles. The van der Waals surface area contributed by atoms with Crippen molar-refractivity contribution in [1.82, 2.24) is 20.4 Å². The van der Waals surface area contributed by atoms with Crippen LogP contribution in [0.3, 0.4) is 0 Å². The van der Waals surface area contributed by atoms with E-state index in [0.717, 1.165) is 22.1 Å². The molecule has 2 N–H and O–H groups in total. The number of rotatable bonds is 6. The molecule has 0 radical (unpaired) electrons. The van der Waals surface area contributed by atoms with Gasteiger partial charge >= 0.3 is 6.03 Å². The van der Waals surface area contributed by atoms with E-state index in [-0.39, 0.29) is 17.9 Å². The molecular formula is C19H25N5O2S2. The number of thioether (sulfide) groups is 1. The summed E-state index contributed by atoms with van der Waals surface area (Å²) in [7, 11) is 0. The molecule has 1 atom stereocenters. The Morgan fingerprint density at radius 1 is 1.14 bits per heavy atom. The van der Waals surface area contributed by atoms with Crippen molar-refractivity contribution >= 4 is 40.2 Å². The van der Waals surface area contributed by atoms with Gasteiger partial charge in [0.05, 0.1) is 0 Å². The highest BCUT2D eigenvalue weighted by Gasteiger charge is 2.26. The molecule has 0 unspecified atom stereocenters. The van der Waals surface area contributed by atoms with Gasteiger partial charge in [-0.3, -0.25) is 10.1 Å². The number of benzene rings is 1. The summed E-state index contributed by atoms with van der Waals surface area (Å²) in [5, 5.41) is 15.2. The fraction of sp³-hybridized carbons (Fsp3) is 0.474. The molecule has 3 amide bonds. The molecule has 2 aromatic rings. The summed E-state index contributed by atoms with van der Waals surface area (Å²) in [5.74, 6) is 1.81. The van der Waals surface area contributed by atoms with E-state index in [1.54, 1.807) is 4.90 Å². The Morgan fingerprint density at radius 3 is 2.50 bits per heavy atom. The van der Waals surface area contributed by atoms with Gasteiger partial charge in [-0.25, -0.2) is 4.79 Å². The fourth-order valence-electron chi connectivity index (χ4n) is 2.78. The van der Waals surface area contributed by atoms with Crippen LogP contribution < -0.4 is 10.6 Å². The van der Waals surface area contributed by atoms with Crippen molar-refractivity contribution in [2.45, 2.75) is 32.2 Å². The molecule has 3 rings (SSSR count). The number of nitrogens with zero attached hydrogens (tertiary/aromatic N) is 3. The van der Waals surface area contributed by atoms with Crippen LogP contribution in [0.15, 0.2) is 30.3 Å². The SMILES string of the molecule is CC(C)c1nnc(NC(=O)[C@@H](Cc2ccccc2)NC(=O)N2CCSCC2)s1. The summed E-state index contributed by atoms with van der Waals surface area (Å²) in [6, 6.07) is 8.79. The molecule has 1 saturated heterocycles. The zero-order chi connectivity index (χ0) is 19.9. The average Bonchev–Trinajstić information content (AvgIpc) is 3.17. The van der Waals surface area contributed by atoms with Crippen molar-refractivity contribution < 1.29 is 9.59 Å². The van der Waals surface area contributed by atoms with Crippen LogP contribution in [-0.2, 0) is 11.2 Å². The van der Waals surface area contributed by atoms with Gasteiger partial charge in [-0.1, -0.05) is 55.5 Å². The first kappa shape index (κ1) is 20.6. The maximum Gasteiger partial charge on any atom is 0.318 e. The Morgan fingerprint density at radius 2 is 1.86 bits per heavy atom. The van der Waals surface area contributed by atoms with Crippen molar-refractivity contribution in [2.75, 3.05) is 29.9 Å². The Balaban J connectivity index is 1.70. The average molecular weight is 420 g/mol. The van der Waals surface area contributed by atoms with Gasteiger partial charge in [0.25, 0.3) is 0 Å². The number of hydrogen-bond acceptors (Lipinski definition) is 6. The third-order valence-electron chi connectivity index (χ3n) is 4.36. The van der Waals surface area contributed by atoms with Gasteiger partial charge < -0.3 is 10.2 Å². The second-order valence-corrected chi connectivity index (χ2v) is 9.11. The number of amides is 3. The molecule has 0 aliphatic carbocycles. The van der Waals surface area contributed by atoms with Crippen LogP contribution >= 0.6 is 23.1 Å². The number of nitrogens with one attached hydrogen (secondary N) is 2. The lowest BCUT2D eigenvalue weighted by Gasteiger charge is -2.28. The first-order valence-corrected chi connectivity index (χ1v) is 11.3. The maximum atomic E-state index is 12.9. The number of urea groups is 1. The quantitative estimate of drug-likeness (QED) is 0.752. The number of aromatic nitrogens is 2. The lowest BCUT2D eigenvalue weighted by molar-refractivity contribution is -0.118. The normalized spacial score (nSPS) is 15.3. The number of hydrogen-bond donors (Lipinski definition) is 2. The molecule has 1 aromatic heterocycles. The minimum absolute atomic E-state index is 0.198. The Kier molecular flexibility index (Phi) is 7.27. The van der Waals surface area contributed by atoms with Gasteiger partial charge in [0, 0.05) is 36.9 Å². The van der Waals surface area contributed by atoms with E-state index in [9.17, 15) is 9.59 Å². The number of anilines is 1. The summed E-state index contributed by atoms with van der Waals surface area (Å²) in [5.41, 5.74) is 0.984. The highest BCUT2D eigenvalue weighted by atomic mass is 32.2. The standard InChI is InChI=1S/C19H25N5O2S2/c1-13(2)17-22-23-18(28-17)21-16(25)15(12-14-6-4-3-5-7-14)20-19(26)24-8-10-27-11-9-24/h3-7,13,15H,8-12H2,1-2H3,(H,20,26)(H,21,23,25)/t15-/m1/s1. The smallest absolute Gasteiger partial charge is 0.318 e. The topological polar surface area (TPSA) is 87.2 Å². The molecule has 1 aliphatic rings. The zero-order valence-electron chi connectivity index (χ0n) is 16.1. The monoisotopic (exact) mass is 419 g/mol. The van der Waals surface area contributed by atoms with Gasteiger partial charge in [0.2, 0.25) is 11.0 Å². The molecule has 0 spiro atoms. The predicted octanol–water partition coefficient (Wildman–Crippen LogP) is 2.97. The second-order valence-electron chi connectivity index (χ2n) is 6.88. The second kappa shape index (κ2) is 9.88. The summed E-state index contributed by atoms with van der Waals surface area (Å²) < 4.78 is 0. The van der Waals surface area contributed by atoms with E-state index in [1.165, 1.54) is 11.3 Å². The minimum Gasteiger partial charge on any atom is -0.326 e. The molecule has 7 nitrogen and oxygen atoms in total. The number of carbonyl (C=O) groups is 2. The summed E-state index contributed by atoms with van der Waals surface area (Å²) in [6.45, 7) is 5.46. The van der Waals surface area contributed by atoms with Crippen LogP contribution in [0, 0.1) is 0 Å². The Labute approximate surface area is 173 Å². The first-order chi connectivity index (χ1) is 13.5. The van der Waals surface area contributed by atoms with Gasteiger partial charge in [0.15, 0.2) is 0 Å². The predicted molar refractivity (Wildman–Crippen MR) is 114 cm³/mol. The summed E-state index contributed by atoms with van der Waals surface area (Å²) >= 11 is 3.20. The van der Waals surface area contributed by atoms with Crippen LogP contribution in [0.4, 0.5) is 9.93 Å². The van der Waals surface area contributed by atoms with Gasteiger partial charge in [-0.15, -0.1) is 10.2 Å². The molecule has 2 heterocycles. The maximum absolute atomic E-state index is 12.9. The lowest BCUT2D eigenvalue weighted by atomic mass is 10.1. The van der Waals surface area contributed by atoms with Crippen molar-refractivity contribution in [3.8, 4) is 0 Å². The van der Waals surface area contributed by atoms with E-state index in [1.807, 2.05) is 55.9 Å². The van der Waals surface area contributed by atoms with Crippen molar-refractivity contribution in [2.24, 2.45) is 0 Å². The third-order valence-corrected chi connectivity index (χ3v) is 6.44. The van der Waals surface area contributed by atoms with Crippen LogP contribution in [-0.4, -0.2) is 57.7 Å². The minimum atomic E-state index is -0.684. The lowest BCUT2D eigenvalue weighted by Crippen LogP contribution is -2.52. The van der Waals surface area contributed by atoms with Crippen LogP contribution in [0.1, 0.15) is 30.3 Å². The fourth-order valence-corrected chi connectivity index (χ4v) is 4.43. The molecule has 9 heteroatoms. The molecule has 1 aliphatic heterocycles. The van der Waals surface area contributed by atoms with E-state index in [4.69, 9.17) is 0 Å². The van der Waals surface area contributed by atoms with Gasteiger partial charge in [-0.05, 0) is 5.56 Å². The Bertz CT molecular complexity index is 791. The van der Waals surface area contributed by atoms with Gasteiger partial charge in [-0.2, -0.15) is 11.8 Å². The molecule has 28 heavy (non-hydrogen) atoms. The van der Waals surface area contributed by atoms with Crippen LogP contribution in [0.2, 0.25) is 0 Å². The molecule has 0 bridgehead atoms. The highest BCUT2D eigenvalue weighted by Crippen LogP contribution is 2.22. The molecule has 0 saturated carbocycles. The van der Waals surface area contributed by atoms with Crippen molar-refractivity contribution in [3.63, 3.8) is 0 Å². The molecular weight excluding hydrogens is 394 g/mol. The van der Waals surface area contributed by atoms with Crippen molar-refractivity contribution in [1.29, 1.82) is 0 Å². The third kappa shape index (κ3) is 5.68. The highest BCUT2D eigenvalue weighted by molar-refractivity contribution is 7.99. The zero-order valence-corrected chi connectivity index (χ0v) is 17.7. The summed E-state index contributed by atoms with van der Waals surface area (Å²) in [6.07, 6.45) is 0.414. The van der Waals surface area contributed by atoms with E-state index in [0.29, 0.717) is 24.6 Å². The van der Waals surface area contributed by atoms with E-state index < -0.39 is 6.04 Å². The van der Waals surface area contributed by atoms with Gasteiger partial charge in [0.1, 0.15) is 11.0 Å². The van der Waals surface area contributed by atoms with Crippen LogP contribution in [0.25, 0.3) is 0 Å². The molecule has 150 valence electrons. The molecule has 1 fully saturated rings.